The maximum absolute atomic E-state index is 15.3. The lowest BCUT2D eigenvalue weighted by Gasteiger charge is -2.35. The summed E-state index contributed by atoms with van der Waals surface area (Å²) in [5, 5.41) is 3.32. The summed E-state index contributed by atoms with van der Waals surface area (Å²) in [6.45, 7) is 5.42. The Bertz CT molecular complexity index is 1450. The van der Waals surface area contributed by atoms with Crippen molar-refractivity contribution < 1.29 is 27.8 Å². The number of aromatic nitrogens is 1. The fourth-order valence-electron chi connectivity index (χ4n) is 5.08. The second kappa shape index (κ2) is 9.55. The van der Waals surface area contributed by atoms with Crippen LogP contribution in [0.1, 0.15) is 35.1 Å². The van der Waals surface area contributed by atoms with Gasteiger partial charge in [0.15, 0.2) is 28.9 Å². The molecular weight excluding hydrogens is 492 g/mol. The number of carbonyl (C=O) groups is 2. The Balaban J connectivity index is 1.53. The lowest BCUT2D eigenvalue weighted by molar-refractivity contribution is -0.121. The molecule has 1 saturated carbocycles. The average molecular weight is 520 g/mol. The highest BCUT2D eigenvalue weighted by Crippen LogP contribution is 2.55. The minimum Gasteiger partial charge on any atom is -0.493 e. The first kappa shape index (κ1) is 25.4. The molecule has 1 amide bonds. The number of nitrogens with one attached hydrogen (secondary N) is 1. The molecule has 1 aliphatic heterocycles. The lowest BCUT2D eigenvalue weighted by Crippen LogP contribution is -2.45. The highest BCUT2D eigenvalue weighted by atomic mass is 19.1. The molecule has 3 aromatic rings. The number of aryl methyl sites for hydroxylation is 1. The maximum Gasteiger partial charge on any atom is 0.238 e. The Kier molecular flexibility index (Phi) is 6.38. The third kappa shape index (κ3) is 4.08. The van der Waals surface area contributed by atoms with Crippen LogP contribution in [-0.4, -0.2) is 30.9 Å². The van der Waals surface area contributed by atoms with Crippen molar-refractivity contribution >= 4 is 28.9 Å². The van der Waals surface area contributed by atoms with Gasteiger partial charge in [0.2, 0.25) is 5.91 Å². The van der Waals surface area contributed by atoms with Crippen LogP contribution in [0.4, 0.5) is 26.0 Å². The van der Waals surface area contributed by atoms with Crippen LogP contribution in [0, 0.1) is 18.6 Å². The van der Waals surface area contributed by atoms with Gasteiger partial charge in [-0.05, 0) is 54.2 Å². The van der Waals surface area contributed by atoms with E-state index in [9.17, 15) is 9.59 Å². The topological polar surface area (TPSA) is 80.8 Å². The third-order valence-corrected chi connectivity index (χ3v) is 7.26. The molecule has 9 heteroatoms. The predicted octanol–water partition coefficient (Wildman–Crippen LogP) is 5.31. The Morgan fingerprint density at radius 2 is 1.87 bits per heavy atom. The van der Waals surface area contributed by atoms with Gasteiger partial charge in [0.25, 0.3) is 0 Å². The molecule has 0 radical (unpaired) electrons. The molecule has 1 aromatic heterocycles. The number of anilines is 3. The van der Waals surface area contributed by atoms with E-state index in [2.05, 4.69) is 16.9 Å². The molecule has 1 fully saturated rings. The smallest absolute Gasteiger partial charge is 0.238 e. The Morgan fingerprint density at radius 1 is 1.18 bits per heavy atom. The molecule has 5 rings (SSSR count). The summed E-state index contributed by atoms with van der Waals surface area (Å²) in [4.78, 5) is 31.4. The number of carbonyl (C=O) groups excluding carboxylic acids is 2. The van der Waals surface area contributed by atoms with Crippen molar-refractivity contribution in [1.82, 2.24) is 4.98 Å². The molecule has 0 saturated heterocycles. The lowest BCUT2D eigenvalue weighted by atomic mass is 9.86. The van der Waals surface area contributed by atoms with Crippen LogP contribution in [-0.2, 0) is 28.0 Å². The normalized spacial score (nSPS) is 15.2. The number of methoxy groups -OCH3 is 2. The molecule has 7 nitrogen and oxygen atoms in total. The summed E-state index contributed by atoms with van der Waals surface area (Å²) >= 11 is 0. The zero-order valence-electron chi connectivity index (χ0n) is 21.4. The fraction of sp³-hybridized carbons (Fsp3) is 0.276. The second-order valence-electron chi connectivity index (χ2n) is 9.54. The van der Waals surface area contributed by atoms with Gasteiger partial charge in [0.05, 0.1) is 26.2 Å². The van der Waals surface area contributed by atoms with Crippen molar-refractivity contribution in [2.24, 2.45) is 0 Å². The summed E-state index contributed by atoms with van der Waals surface area (Å²) in [5.41, 5.74) is 2.58. The quantitative estimate of drug-likeness (QED) is 0.407. The summed E-state index contributed by atoms with van der Waals surface area (Å²) < 4.78 is 40.7. The first-order valence-electron chi connectivity index (χ1n) is 12.2. The summed E-state index contributed by atoms with van der Waals surface area (Å²) in [5.74, 6) is -2.35. The molecule has 2 aromatic carbocycles. The number of ketones is 1. The minimum atomic E-state index is -0.967. The largest absolute Gasteiger partial charge is 0.493 e. The zero-order valence-corrected chi connectivity index (χ0v) is 21.4. The van der Waals surface area contributed by atoms with Crippen molar-refractivity contribution in [3.63, 3.8) is 0 Å². The van der Waals surface area contributed by atoms with Crippen LogP contribution < -0.4 is 19.7 Å². The van der Waals surface area contributed by atoms with E-state index in [4.69, 9.17) is 9.47 Å². The number of allylic oxidation sites excluding steroid dienone is 1. The van der Waals surface area contributed by atoms with Gasteiger partial charge < -0.3 is 19.7 Å². The van der Waals surface area contributed by atoms with Gasteiger partial charge in [-0.3, -0.25) is 9.59 Å². The molecule has 196 valence electrons. The van der Waals surface area contributed by atoms with E-state index in [0.29, 0.717) is 24.2 Å². The Morgan fingerprint density at radius 3 is 2.47 bits per heavy atom. The van der Waals surface area contributed by atoms with Crippen LogP contribution in [0.25, 0.3) is 0 Å². The average Bonchev–Trinajstić information content (AvgIpc) is 3.71. The van der Waals surface area contributed by atoms with E-state index in [1.165, 1.54) is 20.3 Å². The van der Waals surface area contributed by atoms with Gasteiger partial charge in [-0.15, -0.1) is 0 Å². The van der Waals surface area contributed by atoms with Crippen LogP contribution in [0.3, 0.4) is 0 Å². The van der Waals surface area contributed by atoms with Crippen LogP contribution in [0.15, 0.2) is 49.2 Å². The molecular formula is C29H27F2N3O4. The molecule has 2 aliphatic rings. The summed E-state index contributed by atoms with van der Waals surface area (Å²) in [7, 11) is 2.53. The first-order chi connectivity index (χ1) is 18.2. The van der Waals surface area contributed by atoms with E-state index in [1.807, 2.05) is 31.2 Å². The number of benzene rings is 2. The number of fused-ring (bicyclic) bond motifs is 2. The van der Waals surface area contributed by atoms with Crippen molar-refractivity contribution in [1.29, 1.82) is 0 Å². The molecule has 2 heterocycles. The van der Waals surface area contributed by atoms with Gasteiger partial charge in [0.1, 0.15) is 11.5 Å². The number of rotatable bonds is 8. The molecule has 0 unspecified atom stereocenters. The van der Waals surface area contributed by atoms with E-state index in [-0.39, 0.29) is 36.2 Å². The molecule has 1 spiro atoms. The molecule has 38 heavy (non-hydrogen) atoms. The first-order valence-corrected chi connectivity index (χ1v) is 12.2. The highest BCUT2D eigenvalue weighted by molar-refractivity contribution is 6.05. The fourth-order valence-corrected chi connectivity index (χ4v) is 5.08. The standard InChI is InChI=1S/C29H27F2N3O4/c1-5-19(35)11-17-8-6-7-16(2)26(17)33-23-12-20-18(14-32-23)15-34(28(36)29(20)9-10-29)27-24(30)21(37-3)13-22(38-4)25(27)31/h5-8,12-14H,1,9-11,15H2,2-4H3,(H,32,33). The second-order valence-corrected chi connectivity index (χ2v) is 9.54. The number of halogens is 2. The van der Waals surface area contributed by atoms with Crippen molar-refractivity contribution in [2.45, 2.75) is 38.1 Å². The number of para-hydroxylation sites is 1. The monoisotopic (exact) mass is 519 g/mol. The summed E-state index contributed by atoms with van der Waals surface area (Å²) in [6.07, 6.45) is 4.20. The zero-order chi connectivity index (χ0) is 27.2. The van der Waals surface area contributed by atoms with Gasteiger partial charge in [-0.2, -0.15) is 0 Å². The molecule has 1 aliphatic carbocycles. The molecule has 0 atom stereocenters. The van der Waals surface area contributed by atoms with E-state index < -0.39 is 22.7 Å². The Labute approximate surface area is 219 Å². The number of amides is 1. The Hall–Kier alpha value is -4.27. The van der Waals surface area contributed by atoms with Crippen LogP contribution in [0.5, 0.6) is 11.5 Å². The SMILES string of the molecule is C=CC(=O)Cc1cccc(C)c1Nc1cc2c(cn1)CN(c1c(F)c(OC)cc(OC)c1F)C(=O)C21CC1. The van der Waals surface area contributed by atoms with E-state index in [0.717, 1.165) is 33.3 Å². The predicted molar refractivity (Wildman–Crippen MR) is 139 cm³/mol. The van der Waals surface area contributed by atoms with Crippen molar-refractivity contribution in [3.8, 4) is 11.5 Å². The molecule has 1 N–H and O–H groups in total. The number of hydrogen-bond donors (Lipinski definition) is 1. The van der Waals surface area contributed by atoms with Crippen LogP contribution >= 0.6 is 0 Å². The number of nitrogens with zero attached hydrogens (tertiary/aromatic N) is 2. The summed E-state index contributed by atoms with van der Waals surface area (Å²) in [6, 6.07) is 8.61. The van der Waals surface area contributed by atoms with E-state index in [1.54, 1.807) is 6.20 Å². The van der Waals surface area contributed by atoms with Crippen LogP contribution in [0.2, 0.25) is 0 Å². The van der Waals surface area contributed by atoms with E-state index >= 15 is 8.78 Å². The minimum absolute atomic E-state index is 0.0587. The number of pyridine rings is 1. The number of ether oxygens (including phenoxy) is 2. The van der Waals surface area contributed by atoms with Crippen molar-refractivity contribution in [2.75, 3.05) is 24.4 Å². The van der Waals surface area contributed by atoms with Gasteiger partial charge in [-0.1, -0.05) is 24.8 Å². The third-order valence-electron chi connectivity index (χ3n) is 7.26. The maximum atomic E-state index is 15.3. The van der Waals surface area contributed by atoms with Gasteiger partial charge in [0, 0.05) is 24.4 Å². The van der Waals surface area contributed by atoms with Gasteiger partial charge in [-0.25, -0.2) is 13.8 Å². The highest BCUT2D eigenvalue weighted by Gasteiger charge is 2.57. The van der Waals surface area contributed by atoms with Gasteiger partial charge >= 0.3 is 0 Å². The number of hydrogen-bond acceptors (Lipinski definition) is 6. The molecule has 0 bridgehead atoms. The van der Waals surface area contributed by atoms with Crippen molar-refractivity contribution in [3.05, 3.63) is 83.1 Å².